The zero-order valence-corrected chi connectivity index (χ0v) is 14.2. The van der Waals surface area contributed by atoms with Crippen molar-refractivity contribution in [3.8, 4) is 5.75 Å². The molecule has 0 radical (unpaired) electrons. The SMILES string of the molecule is Cc1cc(Cl)ccc1O[C@@H](C)C(=O)Nc1nc(CC(N)=O)cs1. The number of amides is 2. The molecular weight excluding hydrogens is 338 g/mol. The molecule has 8 heteroatoms. The van der Waals surface area contributed by atoms with Gasteiger partial charge in [0.2, 0.25) is 5.91 Å². The van der Waals surface area contributed by atoms with E-state index < -0.39 is 12.0 Å². The van der Waals surface area contributed by atoms with E-state index >= 15 is 0 Å². The van der Waals surface area contributed by atoms with Crippen LogP contribution >= 0.6 is 22.9 Å². The molecule has 2 rings (SSSR count). The second-order valence-electron chi connectivity index (χ2n) is 4.95. The minimum atomic E-state index is -0.710. The Kier molecular flexibility index (Phi) is 5.57. The maximum Gasteiger partial charge on any atom is 0.266 e. The number of primary amides is 1. The van der Waals surface area contributed by atoms with Gasteiger partial charge >= 0.3 is 0 Å². The lowest BCUT2D eigenvalue weighted by molar-refractivity contribution is -0.122. The van der Waals surface area contributed by atoms with Crippen LogP contribution in [-0.4, -0.2) is 22.9 Å². The Morgan fingerprint density at radius 2 is 2.22 bits per heavy atom. The van der Waals surface area contributed by atoms with E-state index in [-0.39, 0.29) is 12.3 Å². The number of aryl methyl sites for hydroxylation is 1. The average Bonchev–Trinajstić information content (AvgIpc) is 2.88. The molecule has 0 aliphatic carbocycles. The molecule has 0 spiro atoms. The molecule has 0 saturated heterocycles. The van der Waals surface area contributed by atoms with Gasteiger partial charge in [-0.05, 0) is 37.6 Å². The number of halogens is 1. The van der Waals surface area contributed by atoms with Gasteiger partial charge < -0.3 is 10.5 Å². The number of hydrogen-bond donors (Lipinski definition) is 2. The van der Waals surface area contributed by atoms with Crippen LogP contribution in [0.5, 0.6) is 5.75 Å². The van der Waals surface area contributed by atoms with Crippen molar-refractivity contribution in [2.45, 2.75) is 26.4 Å². The van der Waals surface area contributed by atoms with Gasteiger partial charge in [-0.3, -0.25) is 14.9 Å². The molecule has 0 aliphatic heterocycles. The number of carbonyl (C=O) groups excluding carboxylic acids is 2. The van der Waals surface area contributed by atoms with Gasteiger partial charge in [0, 0.05) is 10.4 Å². The van der Waals surface area contributed by atoms with Crippen molar-refractivity contribution in [2.24, 2.45) is 5.73 Å². The smallest absolute Gasteiger partial charge is 0.266 e. The van der Waals surface area contributed by atoms with Crippen molar-refractivity contribution in [3.05, 3.63) is 39.9 Å². The van der Waals surface area contributed by atoms with Crippen LogP contribution < -0.4 is 15.8 Å². The minimum absolute atomic E-state index is 0.0440. The second kappa shape index (κ2) is 7.43. The van der Waals surface area contributed by atoms with Gasteiger partial charge in [0.15, 0.2) is 11.2 Å². The van der Waals surface area contributed by atoms with Crippen LogP contribution in [0.1, 0.15) is 18.2 Å². The summed E-state index contributed by atoms with van der Waals surface area (Å²) in [5.41, 5.74) is 6.47. The zero-order valence-electron chi connectivity index (χ0n) is 12.6. The molecule has 6 nitrogen and oxygen atoms in total. The average molecular weight is 354 g/mol. The number of ether oxygens (including phenoxy) is 1. The summed E-state index contributed by atoms with van der Waals surface area (Å²) < 4.78 is 5.64. The predicted octanol–water partition coefficient (Wildman–Crippen LogP) is 2.54. The van der Waals surface area contributed by atoms with Crippen LogP contribution in [0, 0.1) is 6.92 Å². The minimum Gasteiger partial charge on any atom is -0.481 e. The molecule has 2 aromatic rings. The molecule has 122 valence electrons. The van der Waals surface area contributed by atoms with E-state index in [9.17, 15) is 9.59 Å². The monoisotopic (exact) mass is 353 g/mol. The molecule has 0 bridgehead atoms. The molecule has 1 heterocycles. The van der Waals surface area contributed by atoms with Crippen molar-refractivity contribution < 1.29 is 14.3 Å². The molecule has 1 atom stereocenters. The fourth-order valence-corrected chi connectivity index (χ4v) is 2.76. The molecule has 3 N–H and O–H groups in total. The summed E-state index contributed by atoms with van der Waals surface area (Å²) in [7, 11) is 0. The van der Waals surface area contributed by atoms with Crippen LogP contribution in [0.3, 0.4) is 0 Å². The number of thiazole rings is 1. The third kappa shape index (κ3) is 4.94. The highest BCUT2D eigenvalue weighted by atomic mass is 35.5. The van der Waals surface area contributed by atoms with E-state index in [2.05, 4.69) is 10.3 Å². The second-order valence-corrected chi connectivity index (χ2v) is 6.24. The number of rotatable bonds is 6. The van der Waals surface area contributed by atoms with Crippen molar-refractivity contribution in [1.29, 1.82) is 0 Å². The standard InChI is InChI=1S/C15H16ClN3O3S/c1-8-5-10(16)3-4-12(8)22-9(2)14(21)19-15-18-11(7-23-15)6-13(17)20/h3-5,7,9H,6H2,1-2H3,(H2,17,20)(H,18,19,21)/t9-/m0/s1. The third-order valence-electron chi connectivity index (χ3n) is 2.95. The van der Waals surface area contributed by atoms with Crippen molar-refractivity contribution in [2.75, 3.05) is 5.32 Å². The van der Waals surface area contributed by atoms with E-state index in [1.807, 2.05) is 6.92 Å². The van der Waals surface area contributed by atoms with Crippen molar-refractivity contribution >= 4 is 39.9 Å². The summed E-state index contributed by atoms with van der Waals surface area (Å²) in [5.74, 6) is -0.215. The summed E-state index contributed by atoms with van der Waals surface area (Å²) in [5, 5.41) is 5.33. The van der Waals surface area contributed by atoms with Gasteiger partial charge in [0.05, 0.1) is 12.1 Å². The lowest BCUT2D eigenvalue weighted by Gasteiger charge is -2.15. The van der Waals surface area contributed by atoms with E-state index in [0.717, 1.165) is 5.56 Å². The number of nitrogens with one attached hydrogen (secondary N) is 1. The van der Waals surface area contributed by atoms with Crippen LogP contribution in [0.15, 0.2) is 23.6 Å². The fourth-order valence-electron chi connectivity index (χ4n) is 1.82. The third-order valence-corrected chi connectivity index (χ3v) is 3.99. The van der Waals surface area contributed by atoms with E-state index in [0.29, 0.717) is 21.6 Å². The topological polar surface area (TPSA) is 94.3 Å². The summed E-state index contributed by atoms with van der Waals surface area (Å²) in [6, 6.07) is 5.18. The first kappa shape index (κ1) is 17.2. The maximum atomic E-state index is 12.1. The van der Waals surface area contributed by atoms with E-state index in [1.54, 1.807) is 30.5 Å². The van der Waals surface area contributed by atoms with Crippen LogP contribution in [0.2, 0.25) is 5.02 Å². The number of anilines is 1. The Labute approximate surface area is 142 Å². The molecule has 1 aromatic carbocycles. The molecule has 0 aliphatic rings. The van der Waals surface area contributed by atoms with Gasteiger partial charge in [-0.15, -0.1) is 11.3 Å². The fraction of sp³-hybridized carbons (Fsp3) is 0.267. The quantitative estimate of drug-likeness (QED) is 0.834. The number of nitrogens with two attached hydrogens (primary N) is 1. The van der Waals surface area contributed by atoms with Crippen molar-refractivity contribution in [1.82, 2.24) is 4.98 Å². The molecule has 0 unspecified atom stereocenters. The van der Waals surface area contributed by atoms with Gasteiger partial charge in [-0.1, -0.05) is 11.6 Å². The zero-order chi connectivity index (χ0) is 17.0. The Morgan fingerprint density at radius 1 is 1.48 bits per heavy atom. The summed E-state index contributed by atoms with van der Waals surface area (Å²) in [4.78, 5) is 27.1. The van der Waals surface area contributed by atoms with Gasteiger partial charge in [0.25, 0.3) is 5.91 Å². The Hall–Kier alpha value is -2.12. The largest absolute Gasteiger partial charge is 0.481 e. The number of aromatic nitrogens is 1. The number of hydrogen-bond acceptors (Lipinski definition) is 5. The highest BCUT2D eigenvalue weighted by Crippen LogP contribution is 2.23. The Bertz CT molecular complexity index is 733. The molecular formula is C15H16ClN3O3S. The molecule has 0 saturated carbocycles. The predicted molar refractivity (Wildman–Crippen MR) is 89.9 cm³/mol. The van der Waals surface area contributed by atoms with Gasteiger partial charge in [-0.2, -0.15) is 0 Å². The number of benzene rings is 1. The normalized spacial score (nSPS) is 11.8. The van der Waals surface area contributed by atoms with Gasteiger partial charge in [0.1, 0.15) is 5.75 Å². The lowest BCUT2D eigenvalue weighted by Crippen LogP contribution is -2.30. The van der Waals surface area contributed by atoms with Crippen LogP contribution in [-0.2, 0) is 16.0 Å². The number of nitrogens with zero attached hydrogens (tertiary/aromatic N) is 1. The first-order valence-corrected chi connectivity index (χ1v) is 8.07. The Balaban J connectivity index is 1.97. The summed E-state index contributed by atoms with van der Waals surface area (Å²) in [6.07, 6.45) is -0.666. The van der Waals surface area contributed by atoms with Gasteiger partial charge in [-0.25, -0.2) is 4.98 Å². The summed E-state index contributed by atoms with van der Waals surface area (Å²) in [6.45, 7) is 3.49. The first-order valence-electron chi connectivity index (χ1n) is 6.81. The molecule has 0 fully saturated rings. The molecule has 1 aromatic heterocycles. The summed E-state index contributed by atoms with van der Waals surface area (Å²) >= 11 is 7.11. The lowest BCUT2D eigenvalue weighted by atomic mass is 10.2. The first-order chi connectivity index (χ1) is 10.8. The highest BCUT2D eigenvalue weighted by molar-refractivity contribution is 7.13. The van der Waals surface area contributed by atoms with Crippen LogP contribution in [0.4, 0.5) is 5.13 Å². The molecule has 2 amide bonds. The van der Waals surface area contributed by atoms with Crippen molar-refractivity contribution in [3.63, 3.8) is 0 Å². The number of carbonyl (C=O) groups is 2. The Morgan fingerprint density at radius 3 is 2.87 bits per heavy atom. The van der Waals surface area contributed by atoms with Crippen LogP contribution in [0.25, 0.3) is 0 Å². The maximum absolute atomic E-state index is 12.1. The highest BCUT2D eigenvalue weighted by Gasteiger charge is 2.17. The van der Waals surface area contributed by atoms with E-state index in [1.165, 1.54) is 11.3 Å². The molecule has 23 heavy (non-hydrogen) atoms. The van der Waals surface area contributed by atoms with E-state index in [4.69, 9.17) is 22.1 Å².